The molecule has 5 aromatic rings. The van der Waals surface area contributed by atoms with E-state index in [0.29, 0.717) is 9.49 Å². The lowest BCUT2D eigenvalue weighted by atomic mass is 10.1. The van der Waals surface area contributed by atoms with Crippen LogP contribution in [0.25, 0.3) is 33.6 Å². The Morgan fingerprint density at radius 1 is 0.882 bits per heavy atom. The van der Waals surface area contributed by atoms with E-state index in [-0.39, 0.29) is 5.56 Å². The molecule has 2 heterocycles. The first kappa shape index (κ1) is 22.1. The summed E-state index contributed by atoms with van der Waals surface area (Å²) in [6.45, 7) is 2.91. The second-order valence-electron chi connectivity index (χ2n) is 8.20. The fraction of sp³-hybridized carbons (Fsp3) is 0.172. The summed E-state index contributed by atoms with van der Waals surface area (Å²) in [6.07, 6.45) is 5.35. The zero-order chi connectivity index (χ0) is 23.3. The van der Waals surface area contributed by atoms with Gasteiger partial charge in [-0.3, -0.25) is 4.79 Å². The molecule has 0 aliphatic heterocycles. The Balaban J connectivity index is 1.55. The molecule has 170 valence electrons. The summed E-state index contributed by atoms with van der Waals surface area (Å²) in [5.41, 5.74) is 4.54. The van der Waals surface area contributed by atoms with Crippen molar-refractivity contribution in [2.24, 2.45) is 0 Å². The minimum atomic E-state index is -0.0478. The van der Waals surface area contributed by atoms with Crippen LogP contribution >= 0.6 is 11.3 Å². The average Bonchev–Trinajstić information content (AvgIpc) is 3.40. The van der Waals surface area contributed by atoms with E-state index in [0.717, 1.165) is 46.9 Å². The monoisotopic (exact) mass is 466 g/mol. The third-order valence-corrected chi connectivity index (χ3v) is 6.72. The van der Waals surface area contributed by atoms with Crippen LogP contribution in [0.2, 0.25) is 0 Å². The molecule has 0 atom stereocenters. The number of fused-ring (bicyclic) bond motifs is 1. The zero-order valence-corrected chi connectivity index (χ0v) is 19.9. The maximum Gasteiger partial charge on any atom is 0.274 e. The van der Waals surface area contributed by atoms with Gasteiger partial charge in [0.25, 0.3) is 5.56 Å². The highest BCUT2D eigenvalue weighted by atomic mass is 32.1. The number of nitrogens with zero attached hydrogens (tertiary/aromatic N) is 2. The van der Waals surface area contributed by atoms with E-state index < -0.39 is 0 Å². The van der Waals surface area contributed by atoms with Crippen LogP contribution in [-0.2, 0) is 0 Å². The predicted molar refractivity (Wildman–Crippen MR) is 140 cm³/mol. The topological polar surface area (TPSA) is 43.6 Å². The Labute approximate surface area is 202 Å². The molecule has 5 rings (SSSR count). The molecule has 0 N–H and O–H groups in total. The van der Waals surface area contributed by atoms with Crippen LogP contribution in [0.4, 0.5) is 0 Å². The number of aromatic nitrogens is 2. The standard InChI is InChI=1S/C29H26N2O2S/c1-2-3-10-19-33-24-17-15-21(16-18-24)20-25-28(32)31-27(23-13-8-5-9-14-23)26(30-29(31)34-25)22-11-6-4-7-12-22/h4-9,11-18,20H,2-3,10,19H2,1H3. The highest BCUT2D eigenvalue weighted by molar-refractivity contribution is 7.15. The zero-order valence-electron chi connectivity index (χ0n) is 19.1. The number of rotatable bonds is 8. The first-order valence-electron chi connectivity index (χ1n) is 11.7. The molecule has 0 radical (unpaired) electrons. The smallest absolute Gasteiger partial charge is 0.274 e. The summed E-state index contributed by atoms with van der Waals surface area (Å²) < 4.78 is 8.22. The van der Waals surface area contributed by atoms with E-state index in [1.54, 1.807) is 4.40 Å². The van der Waals surface area contributed by atoms with Crippen molar-refractivity contribution in [2.75, 3.05) is 6.61 Å². The molecule has 0 saturated heterocycles. The molecule has 3 aromatic carbocycles. The van der Waals surface area contributed by atoms with E-state index in [1.807, 2.05) is 91.0 Å². The van der Waals surface area contributed by atoms with E-state index >= 15 is 0 Å². The molecule has 0 fully saturated rings. The molecule has 5 heteroatoms. The number of thiazole rings is 1. The van der Waals surface area contributed by atoms with Gasteiger partial charge in [0.2, 0.25) is 0 Å². The van der Waals surface area contributed by atoms with E-state index in [1.165, 1.54) is 24.2 Å². The van der Waals surface area contributed by atoms with Crippen molar-refractivity contribution in [3.05, 3.63) is 105 Å². The average molecular weight is 467 g/mol. The van der Waals surface area contributed by atoms with Crippen molar-refractivity contribution in [2.45, 2.75) is 26.2 Å². The van der Waals surface area contributed by atoms with Crippen molar-refractivity contribution in [3.8, 4) is 28.3 Å². The number of imidazole rings is 1. The van der Waals surface area contributed by atoms with Crippen LogP contribution in [0.3, 0.4) is 0 Å². The molecule has 0 unspecified atom stereocenters. The van der Waals surface area contributed by atoms with E-state index in [9.17, 15) is 4.79 Å². The Morgan fingerprint density at radius 2 is 1.56 bits per heavy atom. The van der Waals surface area contributed by atoms with E-state index in [2.05, 4.69) is 6.92 Å². The van der Waals surface area contributed by atoms with Gasteiger partial charge in [0.05, 0.1) is 22.5 Å². The molecular formula is C29H26N2O2S. The minimum Gasteiger partial charge on any atom is -0.494 e. The van der Waals surface area contributed by atoms with Gasteiger partial charge in [-0.25, -0.2) is 9.38 Å². The van der Waals surface area contributed by atoms with Crippen LogP contribution in [-0.4, -0.2) is 16.0 Å². The SMILES string of the molecule is CCCCCOc1ccc(C=c2sc3nc(-c4ccccc4)c(-c4ccccc4)n3c2=O)cc1. The van der Waals surface area contributed by atoms with Gasteiger partial charge in [-0.2, -0.15) is 0 Å². The molecule has 0 aliphatic rings. The fourth-order valence-corrected chi connectivity index (χ4v) is 4.99. The van der Waals surface area contributed by atoms with Crippen molar-refractivity contribution >= 4 is 22.4 Å². The summed E-state index contributed by atoms with van der Waals surface area (Å²) in [5.74, 6) is 0.857. The first-order chi connectivity index (χ1) is 16.7. The van der Waals surface area contributed by atoms with Crippen LogP contribution in [0.1, 0.15) is 31.7 Å². The number of unbranched alkanes of at least 4 members (excludes halogenated alkanes) is 2. The lowest BCUT2D eigenvalue weighted by Crippen LogP contribution is -2.23. The lowest BCUT2D eigenvalue weighted by Gasteiger charge is -2.05. The van der Waals surface area contributed by atoms with Crippen molar-refractivity contribution in [1.29, 1.82) is 0 Å². The summed E-state index contributed by atoms with van der Waals surface area (Å²) in [4.78, 5) is 19.1. The molecule has 0 aliphatic carbocycles. The molecular weight excluding hydrogens is 440 g/mol. The largest absolute Gasteiger partial charge is 0.494 e. The Kier molecular flexibility index (Phi) is 6.54. The van der Waals surface area contributed by atoms with Crippen molar-refractivity contribution < 1.29 is 4.74 Å². The molecule has 0 bridgehead atoms. The molecule has 4 nitrogen and oxygen atoms in total. The Bertz CT molecular complexity index is 1490. The molecule has 2 aromatic heterocycles. The van der Waals surface area contributed by atoms with Gasteiger partial charge < -0.3 is 4.74 Å². The quantitative estimate of drug-likeness (QED) is 0.256. The molecule has 0 amide bonds. The maximum absolute atomic E-state index is 13.5. The second kappa shape index (κ2) is 10.1. The fourth-order valence-electron chi connectivity index (χ4n) is 4.01. The summed E-state index contributed by atoms with van der Waals surface area (Å²) in [6, 6.07) is 27.9. The van der Waals surface area contributed by atoms with Gasteiger partial charge in [-0.05, 0) is 30.2 Å². The second-order valence-corrected chi connectivity index (χ2v) is 9.21. The highest BCUT2D eigenvalue weighted by Gasteiger charge is 2.19. The highest BCUT2D eigenvalue weighted by Crippen LogP contribution is 2.32. The van der Waals surface area contributed by atoms with Crippen LogP contribution in [0.15, 0.2) is 89.7 Å². The third kappa shape index (κ3) is 4.52. The number of hydrogen-bond acceptors (Lipinski definition) is 4. The van der Waals surface area contributed by atoms with Crippen molar-refractivity contribution in [3.63, 3.8) is 0 Å². The Hall–Kier alpha value is -3.70. The predicted octanol–water partition coefficient (Wildman–Crippen LogP) is 6.21. The van der Waals surface area contributed by atoms with Crippen LogP contribution in [0, 0.1) is 0 Å². The number of hydrogen-bond donors (Lipinski definition) is 0. The molecule has 0 spiro atoms. The summed E-state index contributed by atoms with van der Waals surface area (Å²) in [5, 5.41) is 0. The van der Waals surface area contributed by atoms with Gasteiger partial charge in [0.1, 0.15) is 5.75 Å². The number of benzene rings is 3. The lowest BCUT2D eigenvalue weighted by molar-refractivity contribution is 0.306. The van der Waals surface area contributed by atoms with Gasteiger partial charge in [0.15, 0.2) is 4.96 Å². The first-order valence-corrected chi connectivity index (χ1v) is 12.5. The molecule has 34 heavy (non-hydrogen) atoms. The van der Waals surface area contributed by atoms with Gasteiger partial charge in [-0.1, -0.05) is 104 Å². The summed E-state index contributed by atoms with van der Waals surface area (Å²) >= 11 is 1.42. The van der Waals surface area contributed by atoms with Crippen molar-refractivity contribution in [1.82, 2.24) is 9.38 Å². The minimum absolute atomic E-state index is 0.0478. The van der Waals surface area contributed by atoms with E-state index in [4.69, 9.17) is 9.72 Å². The van der Waals surface area contributed by atoms with Crippen LogP contribution < -0.4 is 14.8 Å². The van der Waals surface area contributed by atoms with Crippen LogP contribution in [0.5, 0.6) is 5.75 Å². The maximum atomic E-state index is 13.5. The summed E-state index contributed by atoms with van der Waals surface area (Å²) in [7, 11) is 0. The normalized spacial score (nSPS) is 11.9. The van der Waals surface area contributed by atoms with Gasteiger partial charge in [0, 0.05) is 11.1 Å². The number of ether oxygens (including phenoxy) is 1. The van der Waals surface area contributed by atoms with Gasteiger partial charge in [-0.15, -0.1) is 0 Å². The molecule has 0 saturated carbocycles. The third-order valence-electron chi connectivity index (χ3n) is 5.75. The van der Waals surface area contributed by atoms with Gasteiger partial charge >= 0.3 is 0 Å². The Morgan fingerprint density at radius 3 is 2.24 bits per heavy atom.